The zero-order valence-corrected chi connectivity index (χ0v) is 18.0. The Bertz CT molecular complexity index is 1440. The molecule has 0 bridgehead atoms. The lowest BCUT2D eigenvalue weighted by Crippen LogP contribution is -2.54. The molecule has 33 heavy (non-hydrogen) atoms. The van der Waals surface area contributed by atoms with Crippen LogP contribution in [0, 0.1) is 17.1 Å². The van der Waals surface area contributed by atoms with Gasteiger partial charge in [0.2, 0.25) is 0 Å². The molecule has 0 amide bonds. The number of nitrogens with one attached hydrogen (secondary N) is 1. The Morgan fingerprint density at radius 3 is 2.76 bits per heavy atom. The number of aromatic nitrogens is 2. The van der Waals surface area contributed by atoms with Crippen LogP contribution in [-0.4, -0.2) is 48.8 Å². The third kappa shape index (κ3) is 4.06. The standard InChI is InChI=1S/C20H17F2N5O5S/c1-31-26-11-24-17-4-2-13(8-14(17)20(26)28)32-19-15(10-23)18(5-3-16(19)22)25-33(29,30)27-7-6-12(27)9-21/h2-5,8,11-12,25H,6-7,9H2,1H3/t12-/m0/s1. The van der Waals surface area contributed by atoms with Crippen molar-refractivity contribution in [2.45, 2.75) is 12.5 Å². The number of fused-ring (bicyclic) bond motifs is 1. The smallest absolute Gasteiger partial charge is 0.302 e. The summed E-state index contributed by atoms with van der Waals surface area (Å²) in [6.45, 7) is -0.716. The minimum atomic E-state index is -4.17. The zero-order valence-electron chi connectivity index (χ0n) is 17.2. The molecule has 1 aliphatic rings. The van der Waals surface area contributed by atoms with Crippen molar-refractivity contribution in [3.63, 3.8) is 0 Å². The average molecular weight is 477 g/mol. The van der Waals surface area contributed by atoms with E-state index in [1.807, 2.05) is 0 Å². The van der Waals surface area contributed by atoms with Gasteiger partial charge in [-0.15, -0.1) is 4.73 Å². The number of benzene rings is 2. The van der Waals surface area contributed by atoms with Crippen molar-refractivity contribution in [3.8, 4) is 17.6 Å². The summed E-state index contributed by atoms with van der Waals surface area (Å²) in [4.78, 5) is 21.4. The molecule has 4 rings (SSSR count). The van der Waals surface area contributed by atoms with Crippen LogP contribution in [0.2, 0.25) is 0 Å². The van der Waals surface area contributed by atoms with Gasteiger partial charge in [0, 0.05) is 6.54 Å². The van der Waals surface area contributed by atoms with Crippen LogP contribution >= 0.6 is 0 Å². The Balaban J connectivity index is 1.71. The molecule has 10 nitrogen and oxygen atoms in total. The molecule has 2 heterocycles. The molecular formula is C20H17F2N5O5S. The zero-order chi connectivity index (χ0) is 23.8. The summed E-state index contributed by atoms with van der Waals surface area (Å²) in [6, 6.07) is 7.12. The minimum Gasteiger partial charge on any atom is -0.453 e. The molecule has 0 radical (unpaired) electrons. The molecule has 0 unspecified atom stereocenters. The van der Waals surface area contributed by atoms with Gasteiger partial charge in [0.25, 0.3) is 5.56 Å². The SMILES string of the molecule is COn1cnc2ccc(Oc3c(F)ccc(NS(=O)(=O)N4CC[C@H]4CF)c3C#N)cc2c1=O. The lowest BCUT2D eigenvalue weighted by Gasteiger charge is -2.37. The van der Waals surface area contributed by atoms with Crippen LogP contribution in [0.5, 0.6) is 11.5 Å². The molecule has 1 N–H and O–H groups in total. The molecule has 1 atom stereocenters. The van der Waals surface area contributed by atoms with Gasteiger partial charge >= 0.3 is 10.2 Å². The van der Waals surface area contributed by atoms with Crippen LogP contribution in [0.4, 0.5) is 14.5 Å². The maximum atomic E-state index is 14.6. The highest BCUT2D eigenvalue weighted by Crippen LogP contribution is 2.35. The van der Waals surface area contributed by atoms with Crippen LogP contribution in [0.3, 0.4) is 0 Å². The van der Waals surface area contributed by atoms with Crippen LogP contribution in [0.15, 0.2) is 41.5 Å². The molecule has 172 valence electrons. The fourth-order valence-electron chi connectivity index (χ4n) is 3.33. The maximum Gasteiger partial charge on any atom is 0.302 e. The summed E-state index contributed by atoms with van der Waals surface area (Å²) in [6.07, 6.45) is 1.57. The van der Waals surface area contributed by atoms with Gasteiger partial charge in [0.1, 0.15) is 37.5 Å². The first-order chi connectivity index (χ1) is 15.8. The number of ether oxygens (including phenoxy) is 1. The van der Waals surface area contributed by atoms with Crippen molar-refractivity contribution < 1.29 is 26.8 Å². The molecule has 0 spiro atoms. The fraction of sp³-hybridized carbons (Fsp3) is 0.250. The van der Waals surface area contributed by atoms with E-state index in [1.165, 1.54) is 31.6 Å². The molecule has 0 aliphatic carbocycles. The normalized spacial score (nSPS) is 16.1. The van der Waals surface area contributed by atoms with Gasteiger partial charge < -0.3 is 9.57 Å². The fourth-order valence-corrected chi connectivity index (χ4v) is 4.80. The largest absolute Gasteiger partial charge is 0.453 e. The second-order valence-electron chi connectivity index (χ2n) is 7.06. The van der Waals surface area contributed by atoms with Crippen molar-refractivity contribution in [3.05, 3.63) is 58.4 Å². The Morgan fingerprint density at radius 1 is 1.33 bits per heavy atom. The van der Waals surface area contributed by atoms with E-state index in [0.717, 1.165) is 21.2 Å². The van der Waals surface area contributed by atoms with Crippen molar-refractivity contribution in [1.82, 2.24) is 14.0 Å². The average Bonchev–Trinajstić information content (AvgIpc) is 2.76. The second kappa shape index (κ2) is 8.64. The molecule has 3 aromatic rings. The van der Waals surface area contributed by atoms with E-state index in [0.29, 0.717) is 11.9 Å². The molecule has 13 heteroatoms. The monoisotopic (exact) mass is 477 g/mol. The summed E-state index contributed by atoms with van der Waals surface area (Å²) in [5, 5.41) is 9.72. The lowest BCUT2D eigenvalue weighted by atomic mass is 10.1. The number of nitrogens with zero attached hydrogens (tertiary/aromatic N) is 4. The minimum absolute atomic E-state index is 0.00546. The van der Waals surface area contributed by atoms with Gasteiger partial charge in [0.15, 0.2) is 11.6 Å². The third-order valence-corrected chi connectivity index (χ3v) is 6.73. The maximum absolute atomic E-state index is 14.6. The summed E-state index contributed by atoms with van der Waals surface area (Å²) >= 11 is 0. The van der Waals surface area contributed by atoms with E-state index in [9.17, 15) is 27.3 Å². The highest BCUT2D eigenvalue weighted by molar-refractivity contribution is 7.90. The van der Waals surface area contributed by atoms with Gasteiger partial charge in [0.05, 0.1) is 22.6 Å². The molecule has 1 fully saturated rings. The molecule has 1 aliphatic heterocycles. The second-order valence-corrected chi connectivity index (χ2v) is 8.69. The van der Waals surface area contributed by atoms with Crippen LogP contribution < -0.4 is 19.9 Å². The molecule has 0 saturated carbocycles. The predicted octanol–water partition coefficient (Wildman–Crippen LogP) is 1.96. The quantitative estimate of drug-likeness (QED) is 0.551. The Labute approximate surface area is 186 Å². The highest BCUT2D eigenvalue weighted by Gasteiger charge is 2.38. The number of hydrogen-bond donors (Lipinski definition) is 1. The van der Waals surface area contributed by atoms with E-state index in [-0.39, 0.29) is 23.4 Å². The van der Waals surface area contributed by atoms with Crippen LogP contribution in [0.25, 0.3) is 10.9 Å². The summed E-state index contributed by atoms with van der Waals surface area (Å²) in [5.41, 5.74) is -0.855. The van der Waals surface area contributed by atoms with E-state index in [2.05, 4.69) is 9.71 Å². The highest BCUT2D eigenvalue weighted by atomic mass is 32.2. The van der Waals surface area contributed by atoms with Gasteiger partial charge in [-0.05, 0) is 36.8 Å². The van der Waals surface area contributed by atoms with Crippen LogP contribution in [0.1, 0.15) is 12.0 Å². The summed E-state index contributed by atoms with van der Waals surface area (Å²) in [7, 11) is -2.88. The Hall–Kier alpha value is -3.76. The van der Waals surface area contributed by atoms with Gasteiger partial charge in [-0.25, -0.2) is 13.8 Å². The van der Waals surface area contributed by atoms with E-state index in [4.69, 9.17) is 9.57 Å². The first-order valence-electron chi connectivity index (χ1n) is 9.61. The molecule has 1 aromatic heterocycles. The summed E-state index contributed by atoms with van der Waals surface area (Å²) in [5.74, 6) is -1.47. The first-order valence-corrected chi connectivity index (χ1v) is 11.0. The number of hydrogen-bond acceptors (Lipinski definition) is 7. The van der Waals surface area contributed by atoms with Gasteiger partial charge in [-0.2, -0.15) is 18.0 Å². The van der Waals surface area contributed by atoms with Crippen LogP contribution in [-0.2, 0) is 10.2 Å². The number of rotatable bonds is 7. The summed E-state index contributed by atoms with van der Waals surface area (Å²) < 4.78 is 62.2. The molecular weight excluding hydrogens is 460 g/mol. The number of anilines is 1. The Kier molecular flexibility index (Phi) is 5.88. The molecule has 1 saturated heterocycles. The predicted molar refractivity (Wildman–Crippen MR) is 113 cm³/mol. The number of nitriles is 1. The topological polar surface area (TPSA) is 127 Å². The number of halogens is 2. The van der Waals surface area contributed by atoms with Crippen molar-refractivity contribution >= 4 is 26.8 Å². The van der Waals surface area contributed by atoms with E-state index < -0.39 is 45.6 Å². The van der Waals surface area contributed by atoms with E-state index >= 15 is 0 Å². The van der Waals surface area contributed by atoms with E-state index in [1.54, 1.807) is 6.07 Å². The third-order valence-electron chi connectivity index (χ3n) is 5.15. The van der Waals surface area contributed by atoms with Gasteiger partial charge in [-0.1, -0.05) is 0 Å². The number of alkyl halides is 1. The lowest BCUT2D eigenvalue weighted by molar-refractivity contribution is 0.155. The first kappa shape index (κ1) is 22.4. The van der Waals surface area contributed by atoms with Crippen molar-refractivity contribution in [2.75, 3.05) is 25.1 Å². The van der Waals surface area contributed by atoms with Crippen molar-refractivity contribution in [1.29, 1.82) is 5.26 Å². The van der Waals surface area contributed by atoms with Gasteiger partial charge in [-0.3, -0.25) is 9.52 Å². The molecule has 2 aromatic carbocycles. The Morgan fingerprint density at radius 2 is 2.12 bits per heavy atom. The van der Waals surface area contributed by atoms with Crippen molar-refractivity contribution in [2.24, 2.45) is 0 Å².